The van der Waals surface area contributed by atoms with Crippen molar-refractivity contribution in [3.8, 4) is 29.8 Å². The van der Waals surface area contributed by atoms with E-state index in [0.29, 0.717) is 0 Å². The van der Waals surface area contributed by atoms with Gasteiger partial charge in [-0.05, 0) is 0 Å². The van der Waals surface area contributed by atoms with Crippen LogP contribution in [0.1, 0.15) is 0 Å². The van der Waals surface area contributed by atoms with E-state index in [4.69, 9.17) is 31.6 Å². The minimum absolute atomic E-state index is 0. The molecule has 0 radical (unpaired) electrons. The fraction of sp³-hybridized carbons (Fsp3) is 0. The molecule has 0 aliphatic carbocycles. The Bertz CT molecular complexity index is 391. The van der Waals surface area contributed by atoms with Gasteiger partial charge in [-0.3, -0.25) is 0 Å². The number of nitriles is 6. The maximum Gasteiger partial charge on any atom is -0.369 e. The molecule has 17 heavy (non-hydrogen) atoms. The molecule has 0 bridgehead atoms. The third kappa shape index (κ3) is 2.28. The second-order valence-corrected chi connectivity index (χ2v) is 7.42. The standard InChI is InChI=1S/6CN.Fe.4H3N/c6*1-2;;;;;/h;;;;;;;4*1H3/q;;;;;;-4;;;;/p+4. The van der Waals surface area contributed by atoms with Crippen LogP contribution in [0, 0.1) is 61.4 Å². The first-order valence-corrected chi connectivity index (χ1v) is 5.71. The number of hydrogen-bond donors (Lipinski definition) is 4. The van der Waals surface area contributed by atoms with Gasteiger partial charge in [0.05, 0.1) is 0 Å². The monoisotopic (exact) mass is 284 g/mol. The largest absolute Gasteiger partial charge is 0.369 e. The summed E-state index contributed by atoms with van der Waals surface area (Å²) in [6.07, 6.45) is 0. The molecule has 0 spiro atoms. The number of nitrogens with zero attached hydrogens (tertiary/aromatic N) is 6. The normalized spacial score (nSPS) is 10.2. The summed E-state index contributed by atoms with van der Waals surface area (Å²) in [5, 5.41) is 51.5. The average molecular weight is 284 g/mol. The second kappa shape index (κ2) is 6.01. The van der Waals surface area contributed by atoms with Crippen molar-refractivity contribution in [2.24, 2.45) is 0 Å². The molecule has 0 saturated heterocycles. The summed E-state index contributed by atoms with van der Waals surface area (Å²) >= 11 is 0. The van der Waals surface area contributed by atoms with Gasteiger partial charge in [0.2, 0.25) is 0 Å². The first-order chi connectivity index (χ1) is 5.97. The van der Waals surface area contributed by atoms with E-state index in [1.807, 2.05) is 0 Å². The zero-order chi connectivity index (χ0) is 10.7. The molecule has 0 rings (SSSR count). The van der Waals surface area contributed by atoms with Gasteiger partial charge in [0, 0.05) is 0 Å². The van der Waals surface area contributed by atoms with Crippen LogP contribution in [0.5, 0.6) is 0 Å². The molecule has 11 heteroatoms. The average Bonchev–Trinajstić information content (AvgIpc) is 2.26. The van der Waals surface area contributed by atoms with Crippen molar-refractivity contribution < 1.29 is 10.7 Å². The van der Waals surface area contributed by atoms with E-state index in [2.05, 4.69) is 0 Å². The van der Waals surface area contributed by atoms with Crippen molar-refractivity contribution >= 4 is 0 Å². The van der Waals surface area contributed by atoms with Gasteiger partial charge in [-0.15, -0.1) is 0 Å². The molecule has 0 aliphatic rings. The van der Waals surface area contributed by atoms with Crippen molar-refractivity contribution in [1.82, 2.24) is 24.6 Å². The van der Waals surface area contributed by atoms with Gasteiger partial charge >= 0.3 is 72.1 Å². The van der Waals surface area contributed by atoms with Crippen LogP contribution in [0.25, 0.3) is 0 Å². The molecule has 0 aromatic heterocycles. The molecular weight excluding hydrogens is 268 g/mol. The third-order valence-electron chi connectivity index (χ3n) is 1.19. The van der Waals surface area contributed by atoms with Crippen LogP contribution >= 0.6 is 0 Å². The summed E-state index contributed by atoms with van der Waals surface area (Å²) < 4.78 is 0. The topological polar surface area (TPSA) is 289 Å². The summed E-state index contributed by atoms with van der Waals surface area (Å²) in [6.45, 7) is 0. The molecule has 0 heterocycles. The van der Waals surface area contributed by atoms with E-state index >= 15 is 0 Å². The van der Waals surface area contributed by atoms with Crippen LogP contribution in [-0.4, -0.2) is 0 Å². The van der Waals surface area contributed by atoms with E-state index in [1.54, 1.807) is 0 Å². The molecular formula is C6H16FeN10. The molecule has 0 aromatic carbocycles. The Labute approximate surface area is 97.1 Å². The van der Waals surface area contributed by atoms with Crippen molar-refractivity contribution in [1.29, 1.82) is 31.6 Å². The van der Waals surface area contributed by atoms with Crippen LogP contribution < -0.4 is 24.6 Å². The van der Waals surface area contributed by atoms with Gasteiger partial charge in [0.25, 0.3) is 0 Å². The predicted octanol–water partition coefficient (Wildman–Crippen LogP) is 1.60. The minimum atomic E-state index is -6.17. The van der Waals surface area contributed by atoms with Crippen molar-refractivity contribution in [3.63, 3.8) is 0 Å². The Morgan fingerprint density at radius 3 is 0.529 bits per heavy atom. The Hall–Kier alpha value is -2.70. The SMILES string of the molecule is N#[C][Fe-4]([C]#N)([C]#N)([C]#N)([C]#N)[C]#N.[NH4+].[NH4+].[NH4+].[NH4+]. The number of hydrogen-bond acceptors (Lipinski definition) is 6. The molecule has 16 N–H and O–H groups in total. The zero-order valence-corrected chi connectivity index (χ0v) is 11.1. The van der Waals surface area contributed by atoms with Crippen LogP contribution in [0.3, 0.4) is 0 Å². The molecule has 0 unspecified atom stereocenters. The van der Waals surface area contributed by atoms with Crippen molar-refractivity contribution in [2.75, 3.05) is 0 Å². The summed E-state index contributed by atoms with van der Waals surface area (Å²) in [7, 11) is -6.17. The summed E-state index contributed by atoms with van der Waals surface area (Å²) in [6, 6.07) is 0. The molecule has 0 aliphatic heterocycles. The second-order valence-electron chi connectivity index (χ2n) is 1.80. The van der Waals surface area contributed by atoms with E-state index < -0.39 is 10.7 Å². The molecule has 0 amide bonds. The van der Waals surface area contributed by atoms with E-state index in [9.17, 15) is 0 Å². The molecule has 98 valence electrons. The van der Waals surface area contributed by atoms with Gasteiger partial charge in [-0.2, -0.15) is 0 Å². The number of rotatable bonds is 0. The molecule has 0 fully saturated rings. The predicted molar refractivity (Wildman–Crippen MR) is 57.6 cm³/mol. The van der Waals surface area contributed by atoms with Crippen LogP contribution in [-0.2, 0) is 10.7 Å². The summed E-state index contributed by atoms with van der Waals surface area (Å²) in [4.78, 5) is 6.19. The third-order valence-corrected chi connectivity index (χ3v) is 4.89. The van der Waals surface area contributed by atoms with E-state index in [1.165, 1.54) is 0 Å². The summed E-state index contributed by atoms with van der Waals surface area (Å²) in [5.41, 5.74) is 0. The molecule has 0 aromatic rings. The van der Waals surface area contributed by atoms with Gasteiger partial charge in [0.1, 0.15) is 0 Å². The fourth-order valence-corrected chi connectivity index (χ4v) is 1.09. The van der Waals surface area contributed by atoms with Crippen molar-refractivity contribution in [2.45, 2.75) is 0 Å². The van der Waals surface area contributed by atoms with Crippen LogP contribution in [0.4, 0.5) is 0 Å². The van der Waals surface area contributed by atoms with Gasteiger partial charge < -0.3 is 24.6 Å². The van der Waals surface area contributed by atoms with Crippen LogP contribution in [0.2, 0.25) is 0 Å². The van der Waals surface area contributed by atoms with Gasteiger partial charge in [0.15, 0.2) is 0 Å². The van der Waals surface area contributed by atoms with Crippen LogP contribution in [0.15, 0.2) is 0 Å². The maximum atomic E-state index is 8.58. The zero-order valence-electron chi connectivity index (χ0n) is 10.0. The Morgan fingerprint density at radius 2 is 0.529 bits per heavy atom. The first-order valence-electron chi connectivity index (χ1n) is 2.40. The quantitative estimate of drug-likeness (QED) is 0.478. The van der Waals surface area contributed by atoms with Crippen molar-refractivity contribution in [3.05, 3.63) is 0 Å². The molecule has 0 atom stereocenters. The molecule has 10 nitrogen and oxygen atoms in total. The smallest absolute Gasteiger partial charge is 0.369 e. The first kappa shape index (κ1) is 29.2. The minimum Gasteiger partial charge on any atom is -0.369 e. The van der Waals surface area contributed by atoms with E-state index in [-0.39, 0.29) is 24.6 Å². The Morgan fingerprint density at radius 1 is 0.412 bits per heavy atom. The molecule has 0 saturated carbocycles. The van der Waals surface area contributed by atoms with E-state index in [0.717, 1.165) is 29.8 Å². The Kier molecular flexibility index (Phi) is 10.3. The maximum absolute atomic E-state index is 8.58. The Balaban J connectivity index is -0.000000120. The number of quaternary nitrogens is 4. The van der Waals surface area contributed by atoms with Gasteiger partial charge in [-0.25, -0.2) is 0 Å². The fourth-order valence-electron chi connectivity index (χ4n) is 0.265. The summed E-state index contributed by atoms with van der Waals surface area (Å²) in [5.74, 6) is 0. The van der Waals surface area contributed by atoms with Gasteiger partial charge in [-0.1, -0.05) is 0 Å².